The van der Waals surface area contributed by atoms with E-state index < -0.39 is 5.92 Å². The van der Waals surface area contributed by atoms with E-state index in [1.165, 1.54) is 12.1 Å². The highest BCUT2D eigenvalue weighted by Gasteiger charge is 2.37. The van der Waals surface area contributed by atoms with Gasteiger partial charge in [0.1, 0.15) is 23.9 Å². The smallest absolute Gasteiger partial charge is 0.261 e. The van der Waals surface area contributed by atoms with Crippen molar-refractivity contribution in [3.63, 3.8) is 0 Å². The van der Waals surface area contributed by atoms with Gasteiger partial charge in [-0.3, -0.25) is 20.0 Å². The van der Waals surface area contributed by atoms with Crippen molar-refractivity contribution in [2.75, 3.05) is 40.3 Å². The lowest BCUT2D eigenvalue weighted by Gasteiger charge is -2.15. The first kappa shape index (κ1) is 29.0. The summed E-state index contributed by atoms with van der Waals surface area (Å²) >= 11 is 0. The van der Waals surface area contributed by atoms with Crippen LogP contribution < -0.4 is 4.74 Å². The highest BCUT2D eigenvalue weighted by molar-refractivity contribution is 6.01. The summed E-state index contributed by atoms with van der Waals surface area (Å²) in [4.78, 5) is 16.0. The molecule has 8 nitrogen and oxygen atoms in total. The lowest BCUT2D eigenvalue weighted by Crippen LogP contribution is -2.24. The molecular formula is C34H32F3N7O. The van der Waals surface area contributed by atoms with Gasteiger partial charge in [-0.2, -0.15) is 5.10 Å². The molecule has 2 aromatic carbocycles. The summed E-state index contributed by atoms with van der Waals surface area (Å²) in [5, 5.41) is 9.52. The predicted octanol–water partition coefficient (Wildman–Crippen LogP) is 6.76. The average Bonchev–Trinajstić information content (AvgIpc) is 3.72. The Morgan fingerprint density at radius 2 is 1.78 bits per heavy atom. The molecule has 0 bridgehead atoms. The lowest BCUT2D eigenvalue weighted by molar-refractivity contribution is 0.0115. The number of nitrogens with one attached hydrogen (secondary N) is 2. The van der Waals surface area contributed by atoms with E-state index in [0.717, 1.165) is 55.4 Å². The largest absolute Gasteiger partial charge is 0.492 e. The molecule has 11 heteroatoms. The highest BCUT2D eigenvalue weighted by Crippen LogP contribution is 2.36. The number of benzene rings is 2. The monoisotopic (exact) mass is 611 g/mol. The third kappa shape index (κ3) is 6.13. The minimum Gasteiger partial charge on any atom is -0.492 e. The maximum absolute atomic E-state index is 14.7. The fourth-order valence-corrected chi connectivity index (χ4v) is 5.89. The van der Waals surface area contributed by atoms with Crippen LogP contribution in [-0.2, 0) is 6.54 Å². The molecule has 0 radical (unpaired) electrons. The van der Waals surface area contributed by atoms with E-state index in [1.807, 2.05) is 55.4 Å². The van der Waals surface area contributed by atoms with Crippen molar-refractivity contribution in [1.29, 1.82) is 0 Å². The maximum atomic E-state index is 14.7. The number of fused-ring (bicyclic) bond motifs is 2. The normalized spacial score (nSPS) is 15.1. The maximum Gasteiger partial charge on any atom is 0.261 e. The minimum atomic E-state index is -2.63. The Balaban J connectivity index is 1.20. The first-order chi connectivity index (χ1) is 21.7. The second-order valence-corrected chi connectivity index (χ2v) is 11.9. The molecule has 1 aliphatic rings. The molecule has 2 N–H and O–H groups in total. The Morgan fingerprint density at radius 1 is 0.911 bits per heavy atom. The van der Waals surface area contributed by atoms with E-state index >= 15 is 0 Å². The van der Waals surface area contributed by atoms with Crippen LogP contribution in [0.25, 0.3) is 55.4 Å². The third-order valence-electron chi connectivity index (χ3n) is 8.14. The second kappa shape index (κ2) is 11.6. The zero-order valence-electron chi connectivity index (χ0n) is 24.9. The fourth-order valence-electron chi connectivity index (χ4n) is 5.89. The first-order valence-electron chi connectivity index (χ1n) is 14.8. The van der Waals surface area contributed by atoms with Crippen LogP contribution in [0.4, 0.5) is 13.2 Å². The Kier molecular flexibility index (Phi) is 7.50. The van der Waals surface area contributed by atoms with E-state index in [0.29, 0.717) is 37.6 Å². The van der Waals surface area contributed by atoms with E-state index in [4.69, 9.17) is 4.74 Å². The molecule has 5 heterocycles. The molecule has 0 amide bonds. The number of alkyl halides is 2. The fraction of sp³-hybridized carbons (Fsp3) is 0.265. The van der Waals surface area contributed by atoms with Crippen LogP contribution in [0.15, 0.2) is 73.3 Å². The number of aromatic nitrogens is 5. The molecule has 7 rings (SSSR count). The Morgan fingerprint density at radius 3 is 2.60 bits per heavy atom. The van der Waals surface area contributed by atoms with Gasteiger partial charge >= 0.3 is 0 Å². The molecule has 45 heavy (non-hydrogen) atoms. The summed E-state index contributed by atoms with van der Waals surface area (Å²) in [6.07, 6.45) is 6.86. The van der Waals surface area contributed by atoms with Gasteiger partial charge < -0.3 is 14.6 Å². The van der Waals surface area contributed by atoms with Gasteiger partial charge in [-0.1, -0.05) is 6.07 Å². The van der Waals surface area contributed by atoms with Crippen molar-refractivity contribution in [2.45, 2.75) is 18.9 Å². The number of halogens is 3. The molecule has 0 unspecified atom stereocenters. The van der Waals surface area contributed by atoms with Crippen LogP contribution in [0.5, 0.6) is 5.75 Å². The van der Waals surface area contributed by atoms with E-state index in [2.05, 4.69) is 25.1 Å². The topological polar surface area (TPSA) is 86.0 Å². The quantitative estimate of drug-likeness (QED) is 0.188. The van der Waals surface area contributed by atoms with Crippen molar-refractivity contribution in [3.05, 3.63) is 84.7 Å². The highest BCUT2D eigenvalue weighted by atomic mass is 19.3. The first-order valence-corrected chi connectivity index (χ1v) is 14.8. The number of ether oxygens (including phenoxy) is 1. The molecule has 6 aromatic rings. The zero-order valence-corrected chi connectivity index (χ0v) is 24.9. The van der Waals surface area contributed by atoms with Crippen LogP contribution in [0.3, 0.4) is 0 Å². The summed E-state index contributed by atoms with van der Waals surface area (Å²) in [6, 6.07) is 14.7. The van der Waals surface area contributed by atoms with Crippen LogP contribution in [-0.4, -0.2) is 81.2 Å². The van der Waals surface area contributed by atoms with Crippen LogP contribution in [0.1, 0.15) is 12.0 Å². The molecule has 1 saturated heterocycles. The third-order valence-corrected chi connectivity index (χ3v) is 8.14. The number of hydrogen-bond donors (Lipinski definition) is 2. The number of likely N-dealkylation sites (N-methyl/N-ethyl adjacent to an activating group) is 1. The Labute approximate surface area is 257 Å². The van der Waals surface area contributed by atoms with Gasteiger partial charge in [0.2, 0.25) is 0 Å². The number of likely N-dealkylation sites (tertiary alicyclic amines) is 1. The van der Waals surface area contributed by atoms with Crippen molar-refractivity contribution in [3.8, 4) is 39.4 Å². The molecule has 0 spiro atoms. The van der Waals surface area contributed by atoms with Gasteiger partial charge in [0.25, 0.3) is 5.92 Å². The van der Waals surface area contributed by atoms with Gasteiger partial charge in [-0.25, -0.2) is 13.2 Å². The van der Waals surface area contributed by atoms with Crippen molar-refractivity contribution < 1.29 is 17.9 Å². The van der Waals surface area contributed by atoms with Gasteiger partial charge in [0.15, 0.2) is 0 Å². The van der Waals surface area contributed by atoms with E-state index in [-0.39, 0.29) is 18.8 Å². The van der Waals surface area contributed by atoms with Gasteiger partial charge in [0, 0.05) is 72.6 Å². The van der Waals surface area contributed by atoms with Crippen LogP contribution in [0, 0.1) is 5.82 Å². The van der Waals surface area contributed by atoms with Gasteiger partial charge in [0.05, 0.1) is 29.5 Å². The molecule has 0 aliphatic carbocycles. The number of hydrogen-bond acceptors (Lipinski definition) is 6. The number of rotatable bonds is 9. The minimum absolute atomic E-state index is 0.111. The average molecular weight is 612 g/mol. The van der Waals surface area contributed by atoms with Crippen molar-refractivity contribution in [1.82, 2.24) is 34.9 Å². The van der Waals surface area contributed by atoms with Crippen LogP contribution in [0.2, 0.25) is 0 Å². The molecule has 4 aromatic heterocycles. The second-order valence-electron chi connectivity index (χ2n) is 11.9. The summed E-state index contributed by atoms with van der Waals surface area (Å²) in [5.74, 6) is -2.56. The lowest BCUT2D eigenvalue weighted by atomic mass is 10.0. The predicted molar refractivity (Wildman–Crippen MR) is 169 cm³/mol. The molecular weight excluding hydrogens is 579 g/mol. The van der Waals surface area contributed by atoms with Crippen molar-refractivity contribution in [2.24, 2.45) is 0 Å². The number of pyridine rings is 2. The van der Waals surface area contributed by atoms with Gasteiger partial charge in [-0.15, -0.1) is 0 Å². The molecule has 230 valence electrons. The standard InChI is InChI=1S/C34H32F3N7O/c1-43(2)7-8-45-26-11-23(10-25(35)13-26)29-17-39-18-32-27(29)14-31(40-32)33-28-12-22(3-4-30(28)41-42-33)24-9-21(15-38-16-24)19-44-6-5-34(36,37)20-44/h3-4,9-18,40H,5-8,19-20H2,1-2H3,(H,41,42). The van der Waals surface area contributed by atoms with Crippen molar-refractivity contribution >= 4 is 21.8 Å². The molecule has 0 saturated carbocycles. The number of aromatic amines is 2. The zero-order chi connectivity index (χ0) is 31.1. The summed E-state index contributed by atoms with van der Waals surface area (Å²) in [6.45, 7) is 1.72. The molecule has 1 fully saturated rings. The van der Waals surface area contributed by atoms with E-state index in [1.54, 1.807) is 29.7 Å². The molecule has 1 aliphatic heterocycles. The Hall–Kier alpha value is -4.74. The SMILES string of the molecule is CN(C)CCOc1cc(F)cc(-c2cncc3[nH]c(-c4n[nH]c5ccc(-c6cncc(CN7CCC(F)(F)C7)c6)cc45)cc23)c1. The Bertz CT molecular complexity index is 2000. The molecule has 0 atom stereocenters. The summed E-state index contributed by atoms with van der Waals surface area (Å²) in [5.41, 5.74) is 7.31. The summed E-state index contributed by atoms with van der Waals surface area (Å²) < 4.78 is 47.9. The van der Waals surface area contributed by atoms with Gasteiger partial charge in [-0.05, 0) is 67.2 Å². The number of H-pyrrole nitrogens is 2. The van der Waals surface area contributed by atoms with E-state index in [9.17, 15) is 13.2 Å². The summed E-state index contributed by atoms with van der Waals surface area (Å²) in [7, 11) is 3.91. The number of nitrogens with zero attached hydrogens (tertiary/aromatic N) is 5. The van der Waals surface area contributed by atoms with Crippen LogP contribution >= 0.6 is 0 Å².